The van der Waals surface area contributed by atoms with E-state index >= 15 is 0 Å². The molecule has 3 heterocycles. The maximum atomic E-state index is 13.1. The van der Waals surface area contributed by atoms with Gasteiger partial charge in [0.1, 0.15) is 12.2 Å². The van der Waals surface area contributed by atoms with Gasteiger partial charge in [-0.15, -0.1) is 0 Å². The fraction of sp³-hybridized carbons (Fsp3) is 0.292. The summed E-state index contributed by atoms with van der Waals surface area (Å²) in [7, 11) is 0. The number of aryl methyl sites for hydroxylation is 1. The third-order valence-electron chi connectivity index (χ3n) is 5.22. The summed E-state index contributed by atoms with van der Waals surface area (Å²) >= 11 is 0. The Balaban J connectivity index is 1.53. The molecule has 1 atom stereocenters. The van der Waals surface area contributed by atoms with Crippen molar-refractivity contribution in [2.45, 2.75) is 26.2 Å². The Labute approximate surface area is 186 Å². The van der Waals surface area contributed by atoms with Gasteiger partial charge in [-0.3, -0.25) is 19.6 Å². The van der Waals surface area contributed by atoms with Crippen LogP contribution < -0.4 is 0 Å². The third-order valence-corrected chi connectivity index (χ3v) is 5.22. The van der Waals surface area contributed by atoms with Crippen molar-refractivity contribution in [1.82, 2.24) is 24.8 Å². The van der Waals surface area contributed by atoms with Crippen LogP contribution >= 0.6 is 0 Å². The molecule has 2 amide bonds. The van der Waals surface area contributed by atoms with Gasteiger partial charge < -0.3 is 14.5 Å². The van der Waals surface area contributed by atoms with Crippen LogP contribution in [0.15, 0.2) is 67.1 Å². The normalized spacial score (nSPS) is 16.7. The van der Waals surface area contributed by atoms with E-state index in [1.54, 1.807) is 24.2 Å². The van der Waals surface area contributed by atoms with Crippen molar-refractivity contribution in [3.05, 3.63) is 89.8 Å². The van der Waals surface area contributed by atoms with Crippen molar-refractivity contribution < 1.29 is 14.3 Å². The Morgan fingerprint density at radius 2 is 1.84 bits per heavy atom. The first kappa shape index (κ1) is 21.6. The van der Waals surface area contributed by atoms with Crippen molar-refractivity contribution in [3.63, 3.8) is 0 Å². The molecule has 0 aliphatic carbocycles. The summed E-state index contributed by atoms with van der Waals surface area (Å²) < 4.78 is 6.11. The van der Waals surface area contributed by atoms with E-state index in [2.05, 4.69) is 15.0 Å². The Bertz CT molecular complexity index is 1040. The molecule has 1 saturated heterocycles. The van der Waals surface area contributed by atoms with Gasteiger partial charge in [-0.2, -0.15) is 0 Å². The second kappa shape index (κ2) is 10.1. The van der Waals surface area contributed by atoms with Crippen LogP contribution in [0.5, 0.6) is 0 Å². The predicted octanol–water partition coefficient (Wildman–Crippen LogP) is 2.25. The van der Waals surface area contributed by atoms with E-state index in [9.17, 15) is 9.59 Å². The van der Waals surface area contributed by atoms with E-state index in [1.807, 2.05) is 48.5 Å². The van der Waals surface area contributed by atoms with Crippen LogP contribution in [0.3, 0.4) is 0 Å². The van der Waals surface area contributed by atoms with E-state index in [0.29, 0.717) is 19.7 Å². The molecule has 3 aromatic rings. The van der Waals surface area contributed by atoms with Crippen molar-refractivity contribution >= 4 is 11.8 Å². The fourth-order valence-corrected chi connectivity index (χ4v) is 3.55. The number of hydrogen-bond acceptors (Lipinski definition) is 6. The smallest absolute Gasteiger partial charge is 0.274 e. The number of rotatable bonds is 6. The first-order valence-electron chi connectivity index (χ1n) is 10.5. The van der Waals surface area contributed by atoms with Gasteiger partial charge in [0, 0.05) is 32.0 Å². The molecule has 1 aliphatic rings. The zero-order chi connectivity index (χ0) is 22.3. The lowest BCUT2D eigenvalue weighted by molar-refractivity contribution is -0.132. The molecule has 2 aromatic heterocycles. The number of ether oxygens (including phenoxy) is 1. The monoisotopic (exact) mass is 431 g/mol. The van der Waals surface area contributed by atoms with Crippen LogP contribution in [0.2, 0.25) is 0 Å². The SMILES string of the molecule is Cc1cnc(C(=O)N2CC(=O)N(Cc3ccccc3)C[C@@H](OCc3ccccn3)C2)cn1. The maximum absolute atomic E-state index is 13.1. The molecular formula is C24H25N5O3. The second-order valence-electron chi connectivity index (χ2n) is 7.74. The van der Waals surface area contributed by atoms with Gasteiger partial charge in [-0.25, -0.2) is 4.98 Å². The second-order valence-corrected chi connectivity index (χ2v) is 7.74. The summed E-state index contributed by atoms with van der Waals surface area (Å²) in [4.78, 5) is 42.0. The number of aromatic nitrogens is 3. The Hall–Kier alpha value is -3.65. The van der Waals surface area contributed by atoms with Crippen LogP contribution in [0, 0.1) is 6.92 Å². The average molecular weight is 431 g/mol. The van der Waals surface area contributed by atoms with Gasteiger partial charge in [0.05, 0.1) is 30.3 Å². The summed E-state index contributed by atoms with van der Waals surface area (Å²) in [5.41, 5.74) is 2.75. The molecule has 8 nitrogen and oxygen atoms in total. The fourth-order valence-electron chi connectivity index (χ4n) is 3.55. The molecule has 1 fully saturated rings. The molecule has 4 rings (SSSR count). The molecule has 1 aromatic carbocycles. The molecule has 164 valence electrons. The predicted molar refractivity (Wildman–Crippen MR) is 117 cm³/mol. The number of carbonyl (C=O) groups is 2. The molecule has 1 aliphatic heterocycles. The van der Waals surface area contributed by atoms with Crippen LogP contribution in [-0.4, -0.2) is 62.3 Å². The number of amides is 2. The lowest BCUT2D eigenvalue weighted by Gasteiger charge is -2.24. The minimum Gasteiger partial charge on any atom is -0.368 e. The summed E-state index contributed by atoms with van der Waals surface area (Å²) in [5.74, 6) is -0.468. The molecule has 8 heteroatoms. The summed E-state index contributed by atoms with van der Waals surface area (Å²) in [6, 6.07) is 15.4. The van der Waals surface area contributed by atoms with Gasteiger partial charge in [0.2, 0.25) is 5.91 Å². The first-order valence-corrected chi connectivity index (χ1v) is 10.5. The molecule has 0 N–H and O–H groups in total. The van der Waals surface area contributed by atoms with E-state index in [1.165, 1.54) is 11.1 Å². The molecule has 0 saturated carbocycles. The average Bonchev–Trinajstić information content (AvgIpc) is 2.98. The van der Waals surface area contributed by atoms with Gasteiger partial charge in [0.25, 0.3) is 5.91 Å². The van der Waals surface area contributed by atoms with Gasteiger partial charge >= 0.3 is 0 Å². The van der Waals surface area contributed by atoms with E-state index < -0.39 is 0 Å². The summed E-state index contributed by atoms with van der Waals surface area (Å²) in [6.07, 6.45) is 4.33. The van der Waals surface area contributed by atoms with Crippen LogP contribution in [0.1, 0.15) is 27.4 Å². The van der Waals surface area contributed by atoms with E-state index in [4.69, 9.17) is 4.74 Å². The van der Waals surface area contributed by atoms with Crippen molar-refractivity contribution in [2.24, 2.45) is 0 Å². The Morgan fingerprint density at radius 3 is 2.56 bits per heavy atom. The lowest BCUT2D eigenvalue weighted by Crippen LogP contribution is -2.40. The summed E-state index contributed by atoms with van der Waals surface area (Å²) in [6.45, 7) is 3.17. The first-order chi connectivity index (χ1) is 15.6. The largest absolute Gasteiger partial charge is 0.368 e. The lowest BCUT2D eigenvalue weighted by atomic mass is 10.2. The molecule has 0 unspecified atom stereocenters. The van der Waals surface area contributed by atoms with Crippen LogP contribution in [0.25, 0.3) is 0 Å². The molecule has 0 radical (unpaired) electrons. The number of nitrogens with zero attached hydrogens (tertiary/aromatic N) is 5. The van der Waals surface area contributed by atoms with E-state index in [0.717, 1.165) is 17.0 Å². The summed E-state index contributed by atoms with van der Waals surface area (Å²) in [5, 5.41) is 0. The van der Waals surface area contributed by atoms with Crippen molar-refractivity contribution in [3.8, 4) is 0 Å². The van der Waals surface area contributed by atoms with E-state index in [-0.39, 0.29) is 36.7 Å². The Kier molecular flexibility index (Phi) is 6.81. The number of pyridine rings is 1. The van der Waals surface area contributed by atoms with Crippen LogP contribution in [-0.2, 0) is 22.7 Å². The number of benzene rings is 1. The molecule has 32 heavy (non-hydrogen) atoms. The highest BCUT2D eigenvalue weighted by Crippen LogP contribution is 2.15. The highest BCUT2D eigenvalue weighted by Gasteiger charge is 2.32. The van der Waals surface area contributed by atoms with Gasteiger partial charge in [-0.05, 0) is 24.6 Å². The quantitative estimate of drug-likeness (QED) is 0.595. The zero-order valence-corrected chi connectivity index (χ0v) is 17.9. The van der Waals surface area contributed by atoms with Gasteiger partial charge in [0.15, 0.2) is 0 Å². The molecule has 0 bridgehead atoms. The van der Waals surface area contributed by atoms with Gasteiger partial charge in [-0.1, -0.05) is 36.4 Å². The third kappa shape index (κ3) is 5.53. The highest BCUT2D eigenvalue weighted by atomic mass is 16.5. The number of carbonyl (C=O) groups excluding carboxylic acids is 2. The molecule has 0 spiro atoms. The van der Waals surface area contributed by atoms with Crippen LogP contribution in [0.4, 0.5) is 0 Å². The highest BCUT2D eigenvalue weighted by molar-refractivity contribution is 5.95. The topological polar surface area (TPSA) is 88.5 Å². The minimum atomic E-state index is -0.366. The zero-order valence-electron chi connectivity index (χ0n) is 17.9. The van der Waals surface area contributed by atoms with Crippen molar-refractivity contribution in [1.29, 1.82) is 0 Å². The maximum Gasteiger partial charge on any atom is 0.274 e. The van der Waals surface area contributed by atoms with Crippen molar-refractivity contribution in [2.75, 3.05) is 19.6 Å². The standard InChI is InChI=1S/C24H25N5O3/c1-18-11-27-22(12-26-18)24(31)29-15-21(32-17-20-9-5-6-10-25-20)14-28(23(30)16-29)13-19-7-3-2-4-8-19/h2-12,21H,13-17H2,1H3/t21-/m1/s1. The number of hydrogen-bond donors (Lipinski definition) is 0. The molecular weight excluding hydrogens is 406 g/mol. The minimum absolute atomic E-state index is 0.0370. The Morgan fingerprint density at radius 1 is 1.03 bits per heavy atom.